The summed E-state index contributed by atoms with van der Waals surface area (Å²) in [5.74, 6) is 0.555. The second kappa shape index (κ2) is 8.04. The predicted molar refractivity (Wildman–Crippen MR) is 105 cm³/mol. The summed E-state index contributed by atoms with van der Waals surface area (Å²) in [5, 5.41) is 7.46. The minimum absolute atomic E-state index is 0.0773. The van der Waals surface area contributed by atoms with Crippen molar-refractivity contribution in [2.24, 2.45) is 0 Å². The maximum atomic E-state index is 12.6. The molecule has 0 spiro atoms. The zero-order valence-electron chi connectivity index (χ0n) is 16.9. The first-order chi connectivity index (χ1) is 12.8. The molecule has 1 saturated heterocycles. The van der Waals surface area contributed by atoms with Gasteiger partial charge in [0.2, 0.25) is 5.95 Å². The van der Waals surface area contributed by atoms with Crippen LogP contribution < -0.4 is 10.2 Å². The molecule has 1 N–H and O–H groups in total. The molecular weight excluding hydrogens is 342 g/mol. The van der Waals surface area contributed by atoms with Gasteiger partial charge in [-0.25, -0.2) is 9.97 Å². The van der Waals surface area contributed by atoms with E-state index in [9.17, 15) is 4.79 Å². The van der Waals surface area contributed by atoms with E-state index in [2.05, 4.69) is 37.2 Å². The Morgan fingerprint density at radius 2 is 1.93 bits per heavy atom. The van der Waals surface area contributed by atoms with Gasteiger partial charge in [-0.3, -0.25) is 9.48 Å². The van der Waals surface area contributed by atoms with Crippen LogP contribution in [0.2, 0.25) is 0 Å². The van der Waals surface area contributed by atoms with Crippen LogP contribution in [-0.4, -0.2) is 70.3 Å². The number of carbonyl (C=O) groups excluding carboxylic acids is 1. The van der Waals surface area contributed by atoms with Crippen molar-refractivity contribution in [1.82, 2.24) is 30.0 Å². The van der Waals surface area contributed by atoms with E-state index in [1.165, 1.54) is 0 Å². The average Bonchev–Trinajstić information content (AvgIpc) is 2.98. The van der Waals surface area contributed by atoms with E-state index in [0.717, 1.165) is 37.6 Å². The highest BCUT2D eigenvalue weighted by atomic mass is 16.1. The highest BCUT2D eigenvalue weighted by Gasteiger charge is 2.19. The Morgan fingerprint density at radius 3 is 2.52 bits per heavy atom. The normalized spacial score (nSPS) is 16.4. The van der Waals surface area contributed by atoms with Crippen molar-refractivity contribution in [2.45, 2.75) is 33.7 Å². The molecule has 1 amide bonds. The molecule has 0 aliphatic carbocycles. The van der Waals surface area contributed by atoms with E-state index < -0.39 is 0 Å². The van der Waals surface area contributed by atoms with E-state index in [-0.39, 0.29) is 11.9 Å². The highest BCUT2D eigenvalue weighted by molar-refractivity contribution is 5.95. The lowest BCUT2D eigenvalue weighted by Gasteiger charge is -2.32. The van der Waals surface area contributed by atoms with Crippen LogP contribution in [0.25, 0.3) is 0 Å². The number of likely N-dealkylation sites (N-methyl/N-ethyl adjacent to an activating group) is 1. The average molecular weight is 371 g/mol. The summed E-state index contributed by atoms with van der Waals surface area (Å²) >= 11 is 0. The molecule has 2 aromatic heterocycles. The van der Waals surface area contributed by atoms with Gasteiger partial charge in [0.25, 0.3) is 5.91 Å². The molecule has 27 heavy (non-hydrogen) atoms. The zero-order chi connectivity index (χ0) is 19.6. The quantitative estimate of drug-likeness (QED) is 0.855. The largest absolute Gasteiger partial charge is 0.350 e. The van der Waals surface area contributed by atoms with Crippen molar-refractivity contribution in [2.75, 3.05) is 44.7 Å². The van der Waals surface area contributed by atoms with Gasteiger partial charge in [-0.15, -0.1) is 0 Å². The van der Waals surface area contributed by atoms with Crippen LogP contribution in [0.3, 0.4) is 0 Å². The van der Waals surface area contributed by atoms with Gasteiger partial charge in [0, 0.05) is 44.6 Å². The summed E-state index contributed by atoms with van der Waals surface area (Å²) < 4.78 is 1.94. The topological polar surface area (TPSA) is 79.2 Å². The first-order valence-electron chi connectivity index (χ1n) is 9.43. The fourth-order valence-electron chi connectivity index (χ4n) is 3.35. The lowest BCUT2D eigenvalue weighted by atomic mass is 10.2. The van der Waals surface area contributed by atoms with E-state index in [4.69, 9.17) is 0 Å². The van der Waals surface area contributed by atoms with E-state index >= 15 is 0 Å². The smallest absolute Gasteiger partial charge is 0.254 e. The summed E-state index contributed by atoms with van der Waals surface area (Å²) in [5.41, 5.74) is 3.29. The first-order valence-corrected chi connectivity index (χ1v) is 9.43. The fraction of sp³-hybridized carbons (Fsp3) is 0.579. The summed E-state index contributed by atoms with van der Waals surface area (Å²) in [6.45, 7) is 12.2. The zero-order valence-corrected chi connectivity index (χ0v) is 16.9. The number of nitrogens with one attached hydrogen (secondary N) is 1. The molecule has 0 saturated carbocycles. The summed E-state index contributed by atoms with van der Waals surface area (Å²) in [6.07, 6.45) is 1.64. The van der Waals surface area contributed by atoms with E-state index in [1.807, 2.05) is 38.4 Å². The van der Waals surface area contributed by atoms with Gasteiger partial charge in [-0.2, -0.15) is 5.10 Å². The minimum Gasteiger partial charge on any atom is -0.350 e. The molecule has 1 aliphatic heterocycles. The third-order valence-corrected chi connectivity index (χ3v) is 5.02. The molecule has 1 aliphatic rings. The molecule has 2 aromatic rings. The second-order valence-corrected chi connectivity index (χ2v) is 7.39. The second-order valence-electron chi connectivity index (χ2n) is 7.39. The SMILES string of the molecule is Cc1cc(C)n(C(C)CNC(=O)c2cnc(N3CCN(C)CC3)nc2C)n1. The monoisotopic (exact) mass is 371 g/mol. The van der Waals surface area contributed by atoms with Crippen molar-refractivity contribution in [3.63, 3.8) is 0 Å². The third-order valence-electron chi connectivity index (χ3n) is 5.02. The predicted octanol–water partition coefficient (Wildman–Crippen LogP) is 1.34. The van der Waals surface area contributed by atoms with Gasteiger partial charge >= 0.3 is 0 Å². The molecule has 1 fully saturated rings. The number of hydrogen-bond acceptors (Lipinski definition) is 6. The molecule has 3 rings (SSSR count). The lowest BCUT2D eigenvalue weighted by Crippen LogP contribution is -2.45. The van der Waals surface area contributed by atoms with Crippen molar-refractivity contribution in [3.05, 3.63) is 34.9 Å². The van der Waals surface area contributed by atoms with E-state index in [1.54, 1.807) is 6.20 Å². The number of aryl methyl sites for hydroxylation is 3. The molecule has 0 bridgehead atoms. The van der Waals surface area contributed by atoms with Crippen molar-refractivity contribution < 1.29 is 4.79 Å². The number of carbonyl (C=O) groups is 1. The van der Waals surface area contributed by atoms with Crippen LogP contribution in [0.1, 0.15) is 40.4 Å². The molecule has 1 atom stereocenters. The number of piperazine rings is 1. The molecule has 0 aromatic carbocycles. The molecule has 0 radical (unpaired) electrons. The van der Waals surface area contributed by atoms with Crippen LogP contribution in [-0.2, 0) is 0 Å². The molecule has 1 unspecified atom stereocenters. The van der Waals surface area contributed by atoms with Gasteiger partial charge in [0.1, 0.15) is 0 Å². The van der Waals surface area contributed by atoms with Crippen molar-refractivity contribution >= 4 is 11.9 Å². The Morgan fingerprint density at radius 1 is 1.22 bits per heavy atom. The highest BCUT2D eigenvalue weighted by Crippen LogP contribution is 2.14. The van der Waals surface area contributed by atoms with Crippen LogP contribution in [0, 0.1) is 20.8 Å². The van der Waals surface area contributed by atoms with Gasteiger partial charge < -0.3 is 15.1 Å². The Kier molecular flexibility index (Phi) is 5.74. The Labute approximate surface area is 160 Å². The molecular formula is C19H29N7O. The minimum atomic E-state index is -0.147. The number of nitrogens with zero attached hydrogens (tertiary/aromatic N) is 6. The Hall–Kier alpha value is -2.48. The fourth-order valence-corrected chi connectivity index (χ4v) is 3.35. The summed E-state index contributed by atoms with van der Waals surface area (Å²) in [6, 6.07) is 2.11. The molecule has 3 heterocycles. The van der Waals surface area contributed by atoms with Crippen LogP contribution in [0.5, 0.6) is 0 Å². The number of anilines is 1. The van der Waals surface area contributed by atoms with Gasteiger partial charge in [-0.1, -0.05) is 0 Å². The Balaban J connectivity index is 1.62. The van der Waals surface area contributed by atoms with Crippen LogP contribution in [0.15, 0.2) is 12.3 Å². The standard InChI is InChI=1S/C19H29N7O/c1-13-10-14(2)26(23-13)15(3)11-20-18(27)17-12-21-19(22-16(17)4)25-8-6-24(5)7-9-25/h10,12,15H,6-9,11H2,1-5H3,(H,20,27). The van der Waals surface area contributed by atoms with Crippen molar-refractivity contribution in [3.8, 4) is 0 Å². The number of hydrogen-bond donors (Lipinski definition) is 1. The summed E-state index contributed by atoms with van der Waals surface area (Å²) in [7, 11) is 2.12. The van der Waals surface area contributed by atoms with Crippen molar-refractivity contribution in [1.29, 1.82) is 0 Å². The Bertz CT molecular complexity index is 808. The van der Waals surface area contributed by atoms with E-state index in [0.29, 0.717) is 23.8 Å². The van der Waals surface area contributed by atoms with Gasteiger partial charge in [0.05, 0.1) is 23.0 Å². The maximum Gasteiger partial charge on any atom is 0.254 e. The first kappa shape index (κ1) is 19.3. The van der Waals surface area contributed by atoms with Crippen LogP contribution >= 0.6 is 0 Å². The number of aromatic nitrogens is 4. The number of amides is 1. The van der Waals surface area contributed by atoms with Crippen LogP contribution in [0.4, 0.5) is 5.95 Å². The molecule has 8 nitrogen and oxygen atoms in total. The molecule has 8 heteroatoms. The van der Waals surface area contributed by atoms with Gasteiger partial charge in [-0.05, 0) is 40.8 Å². The maximum absolute atomic E-state index is 12.6. The lowest BCUT2D eigenvalue weighted by molar-refractivity contribution is 0.0946. The van der Waals surface area contributed by atoms with Gasteiger partial charge in [0.15, 0.2) is 0 Å². The molecule has 146 valence electrons. The number of rotatable bonds is 5. The summed E-state index contributed by atoms with van der Waals surface area (Å²) in [4.78, 5) is 26.0. The third kappa shape index (κ3) is 4.44.